The Kier molecular flexibility index (Phi) is 8.28. The first-order chi connectivity index (χ1) is 18.4. The SMILES string of the molecule is Cc1cc(C2(C(=O)NC(CCOC3CC(CCc4ccc5c(n4)NCCC5)C3)C(=O)O)CCOCC2)on1. The van der Waals surface area contributed by atoms with Crippen molar-refractivity contribution in [1.29, 1.82) is 0 Å². The van der Waals surface area contributed by atoms with Gasteiger partial charge in [-0.15, -0.1) is 0 Å². The van der Waals surface area contributed by atoms with Gasteiger partial charge in [-0.05, 0) is 75.8 Å². The van der Waals surface area contributed by atoms with E-state index in [4.69, 9.17) is 19.0 Å². The zero-order chi connectivity index (χ0) is 26.5. The molecule has 10 heteroatoms. The van der Waals surface area contributed by atoms with Crippen molar-refractivity contribution in [3.63, 3.8) is 0 Å². The Morgan fingerprint density at radius 2 is 2.11 bits per heavy atom. The summed E-state index contributed by atoms with van der Waals surface area (Å²) in [5, 5.41) is 19.8. The number of hydrogen-bond acceptors (Lipinski definition) is 8. The van der Waals surface area contributed by atoms with Gasteiger partial charge in [0, 0.05) is 44.5 Å². The van der Waals surface area contributed by atoms with E-state index in [1.54, 1.807) is 13.0 Å². The number of carbonyl (C=O) groups is 2. The van der Waals surface area contributed by atoms with Crippen LogP contribution in [0.4, 0.5) is 5.82 Å². The van der Waals surface area contributed by atoms with Crippen LogP contribution in [0.15, 0.2) is 22.7 Å². The molecule has 0 spiro atoms. The lowest BCUT2D eigenvalue weighted by molar-refractivity contribution is -0.145. The number of nitrogens with one attached hydrogen (secondary N) is 2. The third-order valence-corrected chi connectivity index (χ3v) is 8.20. The molecule has 10 nitrogen and oxygen atoms in total. The molecule has 0 bridgehead atoms. The number of carbonyl (C=O) groups excluding carboxylic acids is 1. The monoisotopic (exact) mass is 526 g/mol. The van der Waals surface area contributed by atoms with Crippen molar-refractivity contribution in [2.75, 3.05) is 31.7 Å². The van der Waals surface area contributed by atoms with E-state index in [0.29, 0.717) is 43.4 Å². The number of fused-ring (bicyclic) bond motifs is 1. The first-order valence-corrected chi connectivity index (χ1v) is 13.8. The van der Waals surface area contributed by atoms with Gasteiger partial charge in [0.2, 0.25) is 5.91 Å². The van der Waals surface area contributed by atoms with E-state index in [1.165, 1.54) is 5.56 Å². The van der Waals surface area contributed by atoms with Gasteiger partial charge in [0.1, 0.15) is 17.3 Å². The van der Waals surface area contributed by atoms with Crippen LogP contribution >= 0.6 is 0 Å². The van der Waals surface area contributed by atoms with Crippen molar-refractivity contribution in [2.24, 2.45) is 5.92 Å². The number of pyridine rings is 1. The van der Waals surface area contributed by atoms with Gasteiger partial charge in [0.15, 0.2) is 5.76 Å². The number of carboxylic acid groups (broad SMARTS) is 1. The summed E-state index contributed by atoms with van der Waals surface area (Å²) in [6, 6.07) is 5.05. The van der Waals surface area contributed by atoms with Gasteiger partial charge in [-0.2, -0.15) is 0 Å². The average molecular weight is 527 g/mol. The minimum atomic E-state index is -1.07. The zero-order valence-electron chi connectivity index (χ0n) is 22.0. The number of aryl methyl sites for hydroxylation is 3. The number of carboxylic acids is 1. The van der Waals surface area contributed by atoms with Gasteiger partial charge in [-0.3, -0.25) is 4.79 Å². The average Bonchev–Trinajstić information content (AvgIpc) is 3.35. The summed E-state index contributed by atoms with van der Waals surface area (Å²) >= 11 is 0. The van der Waals surface area contributed by atoms with Gasteiger partial charge < -0.3 is 29.7 Å². The van der Waals surface area contributed by atoms with Crippen LogP contribution in [-0.2, 0) is 37.3 Å². The number of nitrogens with zero attached hydrogens (tertiary/aromatic N) is 2. The minimum Gasteiger partial charge on any atom is -0.480 e. The quantitative estimate of drug-likeness (QED) is 0.403. The van der Waals surface area contributed by atoms with Crippen molar-refractivity contribution in [3.8, 4) is 0 Å². The van der Waals surface area contributed by atoms with E-state index >= 15 is 0 Å². The molecule has 3 aliphatic rings. The molecule has 1 atom stereocenters. The van der Waals surface area contributed by atoms with Crippen LogP contribution in [0, 0.1) is 12.8 Å². The largest absolute Gasteiger partial charge is 0.480 e. The Morgan fingerprint density at radius 3 is 2.84 bits per heavy atom. The molecular weight excluding hydrogens is 488 g/mol. The van der Waals surface area contributed by atoms with Crippen molar-refractivity contribution in [3.05, 3.63) is 40.9 Å². The van der Waals surface area contributed by atoms with Crippen LogP contribution in [0.25, 0.3) is 0 Å². The van der Waals surface area contributed by atoms with Crippen molar-refractivity contribution < 1.29 is 28.7 Å². The lowest BCUT2D eigenvalue weighted by atomic mass is 9.76. The highest BCUT2D eigenvalue weighted by molar-refractivity contribution is 5.91. The molecule has 1 amide bonds. The Morgan fingerprint density at radius 1 is 1.29 bits per heavy atom. The second-order valence-electron chi connectivity index (χ2n) is 10.9. The van der Waals surface area contributed by atoms with Gasteiger partial charge >= 0.3 is 5.97 Å². The standard InChI is InChI=1S/C28H38N4O6/c1-18-15-24(38-32-18)28(9-13-36-14-10-28)27(35)31-23(26(33)34)8-12-37-22-16-19(17-22)4-6-21-7-5-20-3-2-11-29-25(20)30-21/h5,7,15,19,22-23H,2-4,6,8-14,16-17H2,1H3,(H,29,30)(H,31,35)(H,33,34). The van der Waals surface area contributed by atoms with E-state index in [-0.39, 0.29) is 25.0 Å². The molecule has 5 rings (SSSR count). The molecule has 0 radical (unpaired) electrons. The first-order valence-electron chi connectivity index (χ1n) is 13.8. The fraction of sp³-hybridized carbons (Fsp3) is 0.643. The Hall–Kier alpha value is -2.98. The molecule has 3 N–H and O–H groups in total. The third kappa shape index (κ3) is 6.02. The molecule has 1 saturated carbocycles. The van der Waals surface area contributed by atoms with Crippen molar-refractivity contribution in [1.82, 2.24) is 15.5 Å². The molecule has 1 aliphatic carbocycles. The second-order valence-corrected chi connectivity index (χ2v) is 10.9. The summed E-state index contributed by atoms with van der Waals surface area (Å²) in [7, 11) is 0. The van der Waals surface area contributed by atoms with Crippen LogP contribution in [0.2, 0.25) is 0 Å². The molecule has 2 aromatic heterocycles. The van der Waals surface area contributed by atoms with E-state index < -0.39 is 17.4 Å². The first kappa shape index (κ1) is 26.6. The fourth-order valence-electron chi connectivity index (χ4n) is 5.71. The summed E-state index contributed by atoms with van der Waals surface area (Å²) in [4.78, 5) is 30.1. The number of rotatable bonds is 11. The fourth-order valence-corrected chi connectivity index (χ4v) is 5.71. The molecule has 1 saturated heterocycles. The van der Waals surface area contributed by atoms with Crippen LogP contribution in [-0.4, -0.2) is 65.6 Å². The summed E-state index contributed by atoms with van der Waals surface area (Å²) in [6.45, 7) is 3.87. The molecule has 0 aromatic carbocycles. The van der Waals surface area contributed by atoms with E-state index in [2.05, 4.69) is 27.9 Å². The Bertz CT molecular complexity index is 1120. The normalized spacial score (nSPS) is 23.0. The number of aliphatic carboxylic acids is 1. The summed E-state index contributed by atoms with van der Waals surface area (Å²) in [5.74, 6) is 0.663. The highest BCUT2D eigenvalue weighted by Gasteiger charge is 2.46. The van der Waals surface area contributed by atoms with Crippen LogP contribution in [0.5, 0.6) is 0 Å². The lowest BCUT2D eigenvalue weighted by Crippen LogP contribution is -2.53. The molecular formula is C28H38N4O6. The minimum absolute atomic E-state index is 0.141. The molecule has 1 unspecified atom stereocenters. The predicted molar refractivity (Wildman–Crippen MR) is 139 cm³/mol. The zero-order valence-corrected chi connectivity index (χ0v) is 22.0. The number of amides is 1. The van der Waals surface area contributed by atoms with E-state index in [9.17, 15) is 14.7 Å². The molecule has 4 heterocycles. The van der Waals surface area contributed by atoms with Crippen LogP contribution < -0.4 is 10.6 Å². The molecule has 2 aliphatic heterocycles. The molecule has 38 heavy (non-hydrogen) atoms. The van der Waals surface area contributed by atoms with E-state index in [0.717, 1.165) is 56.6 Å². The summed E-state index contributed by atoms with van der Waals surface area (Å²) in [5.41, 5.74) is 2.14. The molecule has 206 valence electrons. The van der Waals surface area contributed by atoms with Crippen molar-refractivity contribution in [2.45, 2.75) is 82.3 Å². The summed E-state index contributed by atoms with van der Waals surface area (Å²) < 4.78 is 16.9. The smallest absolute Gasteiger partial charge is 0.326 e. The maximum absolute atomic E-state index is 13.4. The van der Waals surface area contributed by atoms with Gasteiger partial charge in [0.25, 0.3) is 0 Å². The van der Waals surface area contributed by atoms with Gasteiger partial charge in [-0.1, -0.05) is 11.2 Å². The maximum atomic E-state index is 13.4. The highest BCUT2D eigenvalue weighted by Crippen LogP contribution is 2.36. The van der Waals surface area contributed by atoms with Crippen LogP contribution in [0.3, 0.4) is 0 Å². The Labute approximate surface area is 222 Å². The third-order valence-electron chi connectivity index (χ3n) is 8.20. The lowest BCUT2D eigenvalue weighted by Gasteiger charge is -2.36. The second kappa shape index (κ2) is 11.8. The predicted octanol–water partition coefficient (Wildman–Crippen LogP) is 3.17. The number of aromatic nitrogens is 2. The molecule has 2 aromatic rings. The topological polar surface area (TPSA) is 136 Å². The van der Waals surface area contributed by atoms with Crippen molar-refractivity contribution >= 4 is 17.7 Å². The molecule has 2 fully saturated rings. The number of hydrogen-bond donors (Lipinski definition) is 3. The van der Waals surface area contributed by atoms with E-state index in [1.807, 2.05) is 0 Å². The summed E-state index contributed by atoms with van der Waals surface area (Å²) in [6.07, 6.45) is 7.41. The number of ether oxygens (including phenoxy) is 2. The maximum Gasteiger partial charge on any atom is 0.326 e. The van der Waals surface area contributed by atoms with Gasteiger partial charge in [0.05, 0.1) is 11.8 Å². The van der Waals surface area contributed by atoms with Gasteiger partial charge in [-0.25, -0.2) is 9.78 Å². The van der Waals surface area contributed by atoms with Crippen LogP contribution in [0.1, 0.15) is 67.7 Å². The Balaban J connectivity index is 1.06. The highest BCUT2D eigenvalue weighted by atomic mass is 16.5. The number of anilines is 1.